The molecule has 0 atom stereocenters. The van der Waals surface area contributed by atoms with Crippen LogP contribution in [0.2, 0.25) is 0 Å². The lowest BCUT2D eigenvalue weighted by molar-refractivity contribution is 0.0592. The van der Waals surface area contributed by atoms with Gasteiger partial charge in [0.1, 0.15) is 0 Å². The largest absolute Gasteiger partial charge is 0.478 e. The molecule has 0 radical (unpaired) electrons. The van der Waals surface area contributed by atoms with Gasteiger partial charge in [0.05, 0.1) is 30.9 Å². The van der Waals surface area contributed by atoms with E-state index < -0.39 is 5.97 Å². The monoisotopic (exact) mass is 579 g/mol. The van der Waals surface area contributed by atoms with E-state index in [9.17, 15) is 14.4 Å². The number of hydrogen-bond acceptors (Lipinski definition) is 6. The molecule has 0 aromatic heterocycles. The van der Waals surface area contributed by atoms with Crippen molar-refractivity contribution in [2.24, 2.45) is 0 Å². The highest BCUT2D eigenvalue weighted by Gasteiger charge is 2.03. The normalized spacial score (nSPS) is 9.39. The summed E-state index contributed by atoms with van der Waals surface area (Å²) in [6, 6.07) is 23.1. The minimum absolute atomic E-state index is 0. The van der Waals surface area contributed by atoms with Gasteiger partial charge in [0.15, 0.2) is 0 Å². The number of aromatic carboxylic acids is 1. The molecule has 0 fully saturated rings. The number of alkyl halides is 1. The van der Waals surface area contributed by atoms with E-state index in [4.69, 9.17) is 5.11 Å². The molecule has 0 aliphatic carbocycles. The van der Waals surface area contributed by atoms with Crippen LogP contribution in [0.15, 0.2) is 78.9 Å². The Kier molecular flexibility index (Phi) is 16.5. The second kappa shape index (κ2) is 18.1. The third-order valence-electron chi connectivity index (χ3n) is 4.42. The van der Waals surface area contributed by atoms with Crippen molar-refractivity contribution in [2.45, 2.75) is 11.9 Å². The molecule has 194 valence electrons. The molecule has 0 bridgehead atoms. The first-order chi connectivity index (χ1) is 16.7. The maximum Gasteiger partial charge on any atom is 0.337 e. The van der Waals surface area contributed by atoms with Gasteiger partial charge >= 0.3 is 17.9 Å². The highest BCUT2D eigenvalue weighted by Crippen LogP contribution is 2.08. The van der Waals surface area contributed by atoms with E-state index in [1.807, 2.05) is 49.3 Å². The van der Waals surface area contributed by atoms with Crippen LogP contribution in [-0.2, 0) is 21.3 Å². The quantitative estimate of drug-likeness (QED) is 0.295. The van der Waals surface area contributed by atoms with Gasteiger partial charge in [-0.05, 0) is 61.6 Å². The predicted molar refractivity (Wildman–Crippen MR) is 146 cm³/mol. The summed E-state index contributed by atoms with van der Waals surface area (Å²) in [6.07, 6.45) is 0. The second-order valence-corrected chi connectivity index (χ2v) is 7.98. The number of carbonyl (C=O) groups excluding carboxylic acids is 2. The fourth-order valence-electron chi connectivity index (χ4n) is 2.66. The molecule has 7 nitrogen and oxygen atoms in total. The number of hydrogen-bond donors (Lipinski definition) is 1. The number of rotatable bonds is 6. The smallest absolute Gasteiger partial charge is 0.337 e. The molecule has 3 aromatic carbocycles. The van der Waals surface area contributed by atoms with Crippen LogP contribution in [0.25, 0.3) is 0 Å². The average Bonchev–Trinajstić information content (AvgIpc) is 2.89. The first kappa shape index (κ1) is 32.8. The summed E-state index contributed by atoms with van der Waals surface area (Å²) in [7, 11) is 6.70. The van der Waals surface area contributed by atoms with Crippen molar-refractivity contribution in [3.63, 3.8) is 0 Å². The topological polar surface area (TPSA) is 93.1 Å². The van der Waals surface area contributed by atoms with Gasteiger partial charge in [0.2, 0.25) is 0 Å². The second-order valence-electron chi connectivity index (χ2n) is 7.42. The van der Waals surface area contributed by atoms with Gasteiger partial charge in [-0.2, -0.15) is 0 Å². The van der Waals surface area contributed by atoms with Crippen LogP contribution >= 0.6 is 28.3 Å². The van der Waals surface area contributed by atoms with Gasteiger partial charge in [-0.15, -0.1) is 12.4 Å². The molecule has 0 amide bonds. The van der Waals surface area contributed by atoms with Gasteiger partial charge in [0, 0.05) is 11.9 Å². The minimum Gasteiger partial charge on any atom is -0.478 e. The molecule has 1 N–H and O–H groups in total. The highest BCUT2D eigenvalue weighted by molar-refractivity contribution is 9.08. The van der Waals surface area contributed by atoms with E-state index in [1.165, 1.54) is 14.2 Å². The van der Waals surface area contributed by atoms with Crippen LogP contribution in [-0.4, -0.2) is 56.2 Å². The van der Waals surface area contributed by atoms with Crippen LogP contribution in [0.5, 0.6) is 0 Å². The van der Waals surface area contributed by atoms with E-state index in [0.717, 1.165) is 23.0 Å². The predicted octanol–water partition coefficient (Wildman–Crippen LogP) is 5.71. The summed E-state index contributed by atoms with van der Waals surface area (Å²) in [6.45, 7) is 0.833. The zero-order chi connectivity index (χ0) is 26.2. The molecule has 0 saturated heterocycles. The fourth-order valence-corrected chi connectivity index (χ4v) is 3.03. The zero-order valence-corrected chi connectivity index (χ0v) is 23.0. The van der Waals surface area contributed by atoms with Gasteiger partial charge in [-0.25, -0.2) is 14.4 Å². The molecule has 0 spiro atoms. The van der Waals surface area contributed by atoms with Crippen LogP contribution in [0.1, 0.15) is 42.2 Å². The Hall–Kier alpha value is -3.20. The van der Waals surface area contributed by atoms with Gasteiger partial charge in [-0.3, -0.25) is 0 Å². The summed E-state index contributed by atoms with van der Waals surface area (Å²) in [5, 5.41) is 9.45. The third kappa shape index (κ3) is 12.5. The molecule has 0 heterocycles. The third-order valence-corrected chi connectivity index (χ3v) is 5.07. The maximum atomic E-state index is 11.0. The molecule has 36 heavy (non-hydrogen) atoms. The molecule has 0 aliphatic heterocycles. The van der Waals surface area contributed by atoms with Crippen molar-refractivity contribution < 1.29 is 29.0 Å². The number of halogens is 2. The van der Waals surface area contributed by atoms with Crippen molar-refractivity contribution in [3.05, 3.63) is 107 Å². The molecule has 0 saturated carbocycles. The summed E-state index contributed by atoms with van der Waals surface area (Å²) in [5.41, 5.74) is 3.77. The lowest BCUT2D eigenvalue weighted by Crippen LogP contribution is -2.10. The van der Waals surface area contributed by atoms with Crippen molar-refractivity contribution >= 4 is 46.2 Å². The van der Waals surface area contributed by atoms with Crippen molar-refractivity contribution in [3.8, 4) is 0 Å². The molecule has 0 unspecified atom stereocenters. The van der Waals surface area contributed by atoms with Crippen molar-refractivity contribution in [1.29, 1.82) is 0 Å². The molecule has 0 aliphatic rings. The molecule has 9 heteroatoms. The van der Waals surface area contributed by atoms with Gasteiger partial charge in [-0.1, -0.05) is 58.4 Å². The van der Waals surface area contributed by atoms with Crippen molar-refractivity contribution in [2.75, 3.05) is 28.3 Å². The molecule has 3 aromatic rings. The minimum atomic E-state index is -0.878. The Balaban J connectivity index is 0.000000507. The Bertz CT molecular complexity index is 1060. The Morgan fingerprint density at radius 1 is 0.722 bits per heavy atom. The van der Waals surface area contributed by atoms with Crippen LogP contribution < -0.4 is 0 Å². The summed E-state index contributed by atoms with van der Waals surface area (Å²) >= 11 is 3.32. The maximum absolute atomic E-state index is 11.0. The van der Waals surface area contributed by atoms with E-state index in [1.54, 1.807) is 48.5 Å². The van der Waals surface area contributed by atoms with Crippen LogP contribution in [0.3, 0.4) is 0 Å². The summed E-state index contributed by atoms with van der Waals surface area (Å²) in [5.74, 6) is -1.46. The van der Waals surface area contributed by atoms with Crippen molar-refractivity contribution in [1.82, 2.24) is 4.90 Å². The van der Waals surface area contributed by atoms with Gasteiger partial charge in [0.25, 0.3) is 0 Å². The van der Waals surface area contributed by atoms with Crippen LogP contribution in [0, 0.1) is 0 Å². The summed E-state index contributed by atoms with van der Waals surface area (Å²) in [4.78, 5) is 34.3. The number of methoxy groups -OCH3 is 2. The number of esters is 2. The summed E-state index contributed by atoms with van der Waals surface area (Å²) < 4.78 is 9.06. The number of nitrogens with zero attached hydrogens (tertiary/aromatic N) is 1. The van der Waals surface area contributed by atoms with E-state index in [-0.39, 0.29) is 24.3 Å². The molecular weight excluding hydrogens is 550 g/mol. The van der Waals surface area contributed by atoms with E-state index in [0.29, 0.717) is 16.7 Å². The fraction of sp³-hybridized carbons (Fsp3) is 0.222. The van der Waals surface area contributed by atoms with Gasteiger partial charge < -0.3 is 19.5 Å². The SMILES string of the molecule is CN(C)Cc1ccc(C(=O)O)cc1.COC(=O)c1ccc(CBr)cc1.COC(=O)c1ccccc1.Cl. The van der Waals surface area contributed by atoms with Crippen LogP contribution in [0.4, 0.5) is 0 Å². The zero-order valence-electron chi connectivity index (χ0n) is 20.6. The number of carbonyl (C=O) groups is 3. The molecular formula is C27H31BrClNO6. The highest BCUT2D eigenvalue weighted by atomic mass is 79.9. The van der Waals surface area contributed by atoms with E-state index >= 15 is 0 Å². The number of carboxylic acids is 1. The standard InChI is InChI=1S/C10H13NO2.C9H9BrO2.C8H8O2.ClH/c1-11(2)7-8-3-5-9(6-4-8)10(12)13;1-12-9(11)8-4-2-7(6-10)3-5-8;1-10-8(9)7-5-3-2-4-6-7;/h3-6H,7H2,1-2H3,(H,12,13);2-5H,6H2,1H3;2-6H,1H3;1H. The lowest BCUT2D eigenvalue weighted by Gasteiger charge is -2.09. The lowest BCUT2D eigenvalue weighted by atomic mass is 10.1. The number of carboxylic acid groups (broad SMARTS) is 1. The number of benzene rings is 3. The first-order valence-electron chi connectivity index (χ1n) is 10.5. The Morgan fingerprint density at radius 3 is 1.53 bits per heavy atom. The first-order valence-corrected chi connectivity index (χ1v) is 11.7. The van der Waals surface area contributed by atoms with E-state index in [2.05, 4.69) is 25.4 Å². The Labute approximate surface area is 226 Å². The average molecular weight is 581 g/mol. The molecule has 3 rings (SSSR count). The number of ether oxygens (including phenoxy) is 2. The Morgan fingerprint density at radius 2 is 1.14 bits per heavy atom.